The quantitative estimate of drug-likeness (QED) is 0.260. The molecule has 4 aromatic rings. The van der Waals surface area contributed by atoms with Crippen LogP contribution in [0, 0.1) is 24.0 Å². The Morgan fingerprint density at radius 3 is 2.36 bits per heavy atom. The monoisotopic (exact) mass is 442 g/mol. The van der Waals surface area contributed by atoms with Gasteiger partial charge in [0.2, 0.25) is 0 Å². The van der Waals surface area contributed by atoms with E-state index in [0.717, 1.165) is 33.4 Å². The Bertz CT molecular complexity index is 1390. The molecule has 0 spiro atoms. The van der Waals surface area contributed by atoms with Crippen molar-refractivity contribution in [3.05, 3.63) is 99.4 Å². The van der Waals surface area contributed by atoms with E-state index in [2.05, 4.69) is 10.5 Å². The molecule has 166 valence electrons. The highest BCUT2D eigenvalue weighted by Gasteiger charge is 2.14. The lowest BCUT2D eigenvalue weighted by Crippen LogP contribution is -2.18. The number of fused-ring (bicyclic) bond motifs is 1. The van der Waals surface area contributed by atoms with Crippen molar-refractivity contribution in [3.8, 4) is 11.4 Å². The minimum atomic E-state index is -0.426. The van der Waals surface area contributed by atoms with Crippen molar-refractivity contribution in [2.24, 2.45) is 5.10 Å². The smallest absolute Gasteiger partial charge is 0.275 e. The highest BCUT2D eigenvalue weighted by molar-refractivity contribution is 6.02. The molecule has 0 radical (unpaired) electrons. The first-order valence-corrected chi connectivity index (χ1v) is 10.2. The molecule has 1 N–H and O–H groups in total. The molecule has 0 fully saturated rings. The second kappa shape index (κ2) is 8.96. The Balaban J connectivity index is 1.56. The number of aryl methyl sites for hydroxylation is 1. The Kier molecular flexibility index (Phi) is 5.91. The number of aromatic nitrogens is 1. The molecule has 33 heavy (non-hydrogen) atoms. The zero-order valence-electron chi connectivity index (χ0n) is 18.4. The summed E-state index contributed by atoms with van der Waals surface area (Å²) in [5.41, 5.74) is 6.45. The fraction of sp³-hybridized carbons (Fsp3) is 0.120. The number of amides is 1. The number of non-ortho nitro benzene ring substituents is 1. The number of hydrogen-bond acceptors (Lipinski definition) is 5. The van der Waals surface area contributed by atoms with Crippen molar-refractivity contribution in [1.82, 2.24) is 9.99 Å². The molecule has 0 unspecified atom stereocenters. The predicted molar refractivity (Wildman–Crippen MR) is 127 cm³/mol. The van der Waals surface area contributed by atoms with Gasteiger partial charge in [0.15, 0.2) is 0 Å². The minimum absolute atomic E-state index is 0.0369. The molecule has 0 saturated carbocycles. The summed E-state index contributed by atoms with van der Waals surface area (Å²) in [5.74, 6) is 0.0933. The maximum absolute atomic E-state index is 12.8. The molecule has 1 amide bonds. The standard InChI is InChI=1S/C25H22N4O4/c1-16-12-20(17(2)28(16)21-8-10-22(11-9-21)29(31)32)15-26-27-25(30)23-13-18-6-4-5-7-19(18)14-24(23)33-3/h4-15H,1-3H3,(H,27,30)/b26-15+. The van der Waals surface area contributed by atoms with Crippen LogP contribution >= 0.6 is 0 Å². The molecule has 1 heterocycles. The molecule has 0 saturated heterocycles. The Hall–Kier alpha value is -4.46. The predicted octanol–water partition coefficient (Wildman–Crippen LogP) is 4.93. The lowest BCUT2D eigenvalue weighted by atomic mass is 10.1. The third-order valence-corrected chi connectivity index (χ3v) is 5.47. The van der Waals surface area contributed by atoms with Crippen LogP contribution in [-0.4, -0.2) is 28.7 Å². The number of carbonyl (C=O) groups excluding carboxylic acids is 1. The number of benzene rings is 3. The van der Waals surface area contributed by atoms with E-state index in [-0.39, 0.29) is 11.6 Å². The first-order chi connectivity index (χ1) is 15.9. The summed E-state index contributed by atoms with van der Waals surface area (Å²) in [4.78, 5) is 23.2. The first kappa shape index (κ1) is 21.8. The van der Waals surface area contributed by atoms with E-state index in [4.69, 9.17) is 4.74 Å². The second-order valence-electron chi connectivity index (χ2n) is 7.53. The van der Waals surface area contributed by atoms with E-state index in [9.17, 15) is 14.9 Å². The summed E-state index contributed by atoms with van der Waals surface area (Å²) in [5, 5.41) is 17.0. The van der Waals surface area contributed by atoms with Crippen LogP contribution in [0.4, 0.5) is 5.69 Å². The number of hydrogen-bond donors (Lipinski definition) is 1. The van der Waals surface area contributed by atoms with Crippen LogP contribution in [0.3, 0.4) is 0 Å². The van der Waals surface area contributed by atoms with Crippen molar-refractivity contribution in [1.29, 1.82) is 0 Å². The van der Waals surface area contributed by atoms with Gasteiger partial charge in [0.25, 0.3) is 11.6 Å². The molecule has 8 nitrogen and oxygen atoms in total. The lowest BCUT2D eigenvalue weighted by Gasteiger charge is -2.09. The maximum atomic E-state index is 12.8. The molecule has 8 heteroatoms. The second-order valence-corrected chi connectivity index (χ2v) is 7.53. The average molecular weight is 442 g/mol. The highest BCUT2D eigenvalue weighted by atomic mass is 16.6. The third kappa shape index (κ3) is 4.31. The average Bonchev–Trinajstić information content (AvgIpc) is 3.10. The van der Waals surface area contributed by atoms with Crippen LogP contribution in [0.25, 0.3) is 16.5 Å². The number of nitrogens with one attached hydrogen (secondary N) is 1. The summed E-state index contributed by atoms with van der Waals surface area (Å²) >= 11 is 0. The van der Waals surface area contributed by atoms with Crippen LogP contribution < -0.4 is 10.2 Å². The number of nitro groups is 1. The van der Waals surface area contributed by atoms with Gasteiger partial charge >= 0.3 is 0 Å². The molecular formula is C25H22N4O4. The third-order valence-electron chi connectivity index (χ3n) is 5.47. The van der Waals surface area contributed by atoms with E-state index in [1.165, 1.54) is 19.2 Å². The summed E-state index contributed by atoms with van der Waals surface area (Å²) in [6.07, 6.45) is 1.58. The van der Waals surface area contributed by atoms with E-state index < -0.39 is 4.92 Å². The van der Waals surface area contributed by atoms with Crippen molar-refractivity contribution >= 4 is 28.6 Å². The van der Waals surface area contributed by atoms with Gasteiger partial charge in [0.1, 0.15) is 5.75 Å². The molecule has 0 atom stereocenters. The van der Waals surface area contributed by atoms with Crippen LogP contribution in [0.5, 0.6) is 5.75 Å². The van der Waals surface area contributed by atoms with Crippen LogP contribution in [0.1, 0.15) is 27.3 Å². The summed E-state index contributed by atoms with van der Waals surface area (Å²) < 4.78 is 7.36. The van der Waals surface area contributed by atoms with E-state index >= 15 is 0 Å². The topological polar surface area (TPSA) is 98.8 Å². The molecule has 3 aromatic carbocycles. The number of ether oxygens (including phenoxy) is 1. The van der Waals surface area contributed by atoms with Crippen molar-refractivity contribution in [2.45, 2.75) is 13.8 Å². The number of rotatable bonds is 6. The Morgan fingerprint density at radius 1 is 1.06 bits per heavy atom. The van der Waals surface area contributed by atoms with Crippen LogP contribution in [0.15, 0.2) is 71.8 Å². The zero-order chi connectivity index (χ0) is 23.5. The van der Waals surface area contributed by atoms with Gasteiger partial charge in [-0.1, -0.05) is 24.3 Å². The van der Waals surface area contributed by atoms with Gasteiger partial charge in [0, 0.05) is 34.8 Å². The van der Waals surface area contributed by atoms with Gasteiger partial charge in [0.05, 0.1) is 23.8 Å². The summed E-state index contributed by atoms with van der Waals surface area (Å²) in [6, 6.07) is 19.6. The van der Waals surface area contributed by atoms with Gasteiger partial charge in [-0.15, -0.1) is 0 Å². The molecule has 0 aliphatic heterocycles. The number of nitro benzene ring substituents is 1. The van der Waals surface area contributed by atoms with E-state index in [1.54, 1.807) is 24.4 Å². The molecule has 0 aliphatic carbocycles. The number of carbonyl (C=O) groups is 1. The molecule has 4 rings (SSSR count). The molecular weight excluding hydrogens is 420 g/mol. The largest absolute Gasteiger partial charge is 0.496 e. The SMILES string of the molecule is COc1cc2ccccc2cc1C(=O)N/N=C/c1cc(C)n(-c2ccc([N+](=O)[O-])cc2)c1C. The molecule has 1 aromatic heterocycles. The molecule has 0 bridgehead atoms. The van der Waals surface area contributed by atoms with Gasteiger partial charge in [-0.3, -0.25) is 14.9 Å². The van der Waals surface area contributed by atoms with Gasteiger partial charge in [-0.2, -0.15) is 5.10 Å². The number of methoxy groups -OCH3 is 1. The summed E-state index contributed by atoms with van der Waals surface area (Å²) in [7, 11) is 1.53. The zero-order valence-corrected chi connectivity index (χ0v) is 18.4. The van der Waals surface area contributed by atoms with Crippen LogP contribution in [0.2, 0.25) is 0 Å². The van der Waals surface area contributed by atoms with Crippen molar-refractivity contribution in [3.63, 3.8) is 0 Å². The van der Waals surface area contributed by atoms with Gasteiger partial charge in [-0.05, 0) is 55.0 Å². The van der Waals surface area contributed by atoms with Gasteiger partial charge < -0.3 is 9.30 Å². The van der Waals surface area contributed by atoms with Crippen LogP contribution in [-0.2, 0) is 0 Å². The summed E-state index contributed by atoms with van der Waals surface area (Å²) in [6.45, 7) is 3.86. The minimum Gasteiger partial charge on any atom is -0.496 e. The Labute approximate surface area is 190 Å². The van der Waals surface area contributed by atoms with Crippen molar-refractivity contribution < 1.29 is 14.5 Å². The first-order valence-electron chi connectivity index (χ1n) is 10.2. The number of nitrogens with zero attached hydrogens (tertiary/aromatic N) is 3. The Morgan fingerprint density at radius 2 is 1.73 bits per heavy atom. The fourth-order valence-electron chi connectivity index (χ4n) is 3.83. The fourth-order valence-corrected chi connectivity index (χ4v) is 3.83. The van der Waals surface area contributed by atoms with Crippen molar-refractivity contribution in [2.75, 3.05) is 7.11 Å². The van der Waals surface area contributed by atoms with Gasteiger partial charge in [-0.25, -0.2) is 5.43 Å². The number of hydrazone groups is 1. The maximum Gasteiger partial charge on any atom is 0.275 e. The normalized spacial score (nSPS) is 11.1. The molecule has 0 aliphatic rings. The van der Waals surface area contributed by atoms with E-state index in [0.29, 0.717) is 11.3 Å². The lowest BCUT2D eigenvalue weighted by molar-refractivity contribution is -0.384. The van der Waals surface area contributed by atoms with E-state index in [1.807, 2.05) is 54.8 Å². The highest BCUT2D eigenvalue weighted by Crippen LogP contribution is 2.26.